The first-order valence-electron chi connectivity index (χ1n) is 5.27. The Labute approximate surface area is 118 Å². The second kappa shape index (κ2) is 5.51. The van der Waals surface area contributed by atoms with E-state index in [9.17, 15) is 4.39 Å². The van der Waals surface area contributed by atoms with E-state index in [2.05, 4.69) is 34.3 Å². The highest BCUT2D eigenvalue weighted by molar-refractivity contribution is 9.08. The zero-order chi connectivity index (χ0) is 12.4. The smallest absolute Gasteiger partial charge is 0.125 e. The summed E-state index contributed by atoms with van der Waals surface area (Å²) in [6, 6.07) is 5.02. The SMILES string of the molecule is CCc1cc(-c2c(Cl)cc(F)cc2CBr)cs1. The Bertz CT molecular complexity index is 536. The first-order valence-corrected chi connectivity index (χ1v) is 7.65. The third kappa shape index (κ3) is 2.72. The number of rotatable bonds is 3. The van der Waals surface area contributed by atoms with Crippen LogP contribution in [0.15, 0.2) is 23.6 Å². The van der Waals surface area contributed by atoms with Crippen molar-refractivity contribution in [2.75, 3.05) is 0 Å². The van der Waals surface area contributed by atoms with Crippen molar-refractivity contribution in [2.24, 2.45) is 0 Å². The summed E-state index contributed by atoms with van der Waals surface area (Å²) < 4.78 is 13.3. The van der Waals surface area contributed by atoms with E-state index in [0.29, 0.717) is 10.4 Å². The lowest BCUT2D eigenvalue weighted by Gasteiger charge is -2.08. The van der Waals surface area contributed by atoms with Gasteiger partial charge in [-0.25, -0.2) is 4.39 Å². The van der Waals surface area contributed by atoms with Gasteiger partial charge in [-0.15, -0.1) is 11.3 Å². The summed E-state index contributed by atoms with van der Waals surface area (Å²) in [5.41, 5.74) is 2.89. The number of hydrogen-bond donors (Lipinski definition) is 0. The molecule has 0 bridgehead atoms. The molecule has 1 aromatic heterocycles. The molecule has 0 spiro atoms. The van der Waals surface area contributed by atoms with Crippen molar-refractivity contribution >= 4 is 38.9 Å². The van der Waals surface area contributed by atoms with Crippen molar-refractivity contribution < 1.29 is 4.39 Å². The van der Waals surface area contributed by atoms with Gasteiger partial charge >= 0.3 is 0 Å². The van der Waals surface area contributed by atoms with Crippen molar-refractivity contribution in [2.45, 2.75) is 18.7 Å². The lowest BCUT2D eigenvalue weighted by molar-refractivity contribution is 0.627. The number of hydrogen-bond acceptors (Lipinski definition) is 1. The lowest BCUT2D eigenvalue weighted by Crippen LogP contribution is -1.89. The van der Waals surface area contributed by atoms with Crippen LogP contribution < -0.4 is 0 Å². The molecule has 4 heteroatoms. The van der Waals surface area contributed by atoms with Gasteiger partial charge in [-0.2, -0.15) is 0 Å². The highest BCUT2D eigenvalue weighted by Gasteiger charge is 2.12. The lowest BCUT2D eigenvalue weighted by atomic mass is 10.0. The van der Waals surface area contributed by atoms with Gasteiger partial charge in [0.25, 0.3) is 0 Å². The predicted octanol–water partition coefficient (Wildman–Crippen LogP) is 5.66. The summed E-state index contributed by atoms with van der Waals surface area (Å²) in [5, 5.41) is 3.14. The maximum Gasteiger partial charge on any atom is 0.125 e. The molecule has 2 rings (SSSR count). The van der Waals surface area contributed by atoms with E-state index < -0.39 is 0 Å². The van der Waals surface area contributed by atoms with Crippen LogP contribution in [0.5, 0.6) is 0 Å². The predicted molar refractivity (Wildman–Crippen MR) is 76.7 cm³/mol. The zero-order valence-corrected chi connectivity index (χ0v) is 12.4. The Morgan fingerprint density at radius 2 is 2.12 bits per heavy atom. The Morgan fingerprint density at radius 3 is 2.71 bits per heavy atom. The van der Waals surface area contributed by atoms with E-state index in [1.165, 1.54) is 17.0 Å². The monoisotopic (exact) mass is 332 g/mol. The van der Waals surface area contributed by atoms with Crippen molar-refractivity contribution in [1.29, 1.82) is 0 Å². The molecule has 0 atom stereocenters. The maximum atomic E-state index is 13.3. The van der Waals surface area contributed by atoms with Gasteiger partial charge in [0.15, 0.2) is 0 Å². The summed E-state index contributed by atoms with van der Waals surface area (Å²) >= 11 is 11.2. The fraction of sp³-hybridized carbons (Fsp3) is 0.231. The van der Waals surface area contributed by atoms with Crippen molar-refractivity contribution in [3.63, 3.8) is 0 Å². The van der Waals surface area contributed by atoms with Gasteiger partial charge in [0.1, 0.15) is 5.82 Å². The molecule has 0 aliphatic heterocycles. The van der Waals surface area contributed by atoms with Gasteiger partial charge in [-0.3, -0.25) is 0 Å². The highest BCUT2D eigenvalue weighted by Crippen LogP contribution is 2.36. The zero-order valence-electron chi connectivity index (χ0n) is 9.27. The molecule has 0 saturated carbocycles. The quantitative estimate of drug-likeness (QED) is 0.635. The highest BCUT2D eigenvalue weighted by atomic mass is 79.9. The number of alkyl halides is 1. The van der Waals surface area contributed by atoms with Crippen LogP contribution in [-0.4, -0.2) is 0 Å². The van der Waals surface area contributed by atoms with Crippen LogP contribution in [-0.2, 0) is 11.8 Å². The topological polar surface area (TPSA) is 0 Å². The molecule has 0 radical (unpaired) electrons. The number of halogens is 3. The number of aryl methyl sites for hydroxylation is 1. The second-order valence-electron chi connectivity index (χ2n) is 3.71. The fourth-order valence-corrected chi connectivity index (χ4v) is 3.36. The molecule has 0 fully saturated rings. The van der Waals surface area contributed by atoms with Crippen LogP contribution in [0.2, 0.25) is 5.02 Å². The Kier molecular flexibility index (Phi) is 4.23. The number of benzene rings is 1. The maximum absolute atomic E-state index is 13.3. The van der Waals surface area contributed by atoms with Crippen molar-refractivity contribution in [3.8, 4) is 11.1 Å². The standard InChI is InChI=1S/C13H11BrClFS/c1-2-11-4-9(7-17-11)13-8(6-14)3-10(16)5-12(13)15/h3-5,7H,2,6H2,1H3. The van der Waals surface area contributed by atoms with E-state index in [0.717, 1.165) is 23.1 Å². The van der Waals surface area contributed by atoms with E-state index in [-0.39, 0.29) is 5.82 Å². The van der Waals surface area contributed by atoms with Crippen LogP contribution in [0.4, 0.5) is 4.39 Å². The Balaban J connectivity index is 2.57. The van der Waals surface area contributed by atoms with Crippen LogP contribution in [0.1, 0.15) is 17.4 Å². The van der Waals surface area contributed by atoms with Crippen LogP contribution in [0.3, 0.4) is 0 Å². The van der Waals surface area contributed by atoms with E-state index >= 15 is 0 Å². The average Bonchev–Trinajstić information content (AvgIpc) is 2.76. The molecule has 0 aliphatic rings. The van der Waals surface area contributed by atoms with Crippen molar-refractivity contribution in [1.82, 2.24) is 0 Å². The molecular weight excluding hydrogens is 323 g/mol. The minimum atomic E-state index is -0.292. The van der Waals surface area contributed by atoms with Gasteiger partial charge in [0.05, 0.1) is 5.02 Å². The molecule has 0 aliphatic carbocycles. The first-order chi connectivity index (χ1) is 8.15. The van der Waals surface area contributed by atoms with Gasteiger partial charge in [0.2, 0.25) is 0 Å². The van der Waals surface area contributed by atoms with E-state index in [1.54, 1.807) is 11.3 Å². The average molecular weight is 334 g/mol. The van der Waals surface area contributed by atoms with Crippen LogP contribution in [0.25, 0.3) is 11.1 Å². The summed E-state index contributed by atoms with van der Waals surface area (Å²) in [6.07, 6.45) is 1.01. The third-order valence-electron chi connectivity index (χ3n) is 2.57. The van der Waals surface area contributed by atoms with Crippen LogP contribution in [0, 0.1) is 5.82 Å². The molecule has 0 unspecified atom stereocenters. The molecule has 0 amide bonds. The summed E-state index contributed by atoms with van der Waals surface area (Å²) in [4.78, 5) is 1.31. The first kappa shape index (κ1) is 13.1. The molecule has 0 N–H and O–H groups in total. The molecule has 1 heterocycles. The largest absolute Gasteiger partial charge is 0.207 e. The van der Waals surface area contributed by atoms with Gasteiger partial charge in [-0.1, -0.05) is 34.5 Å². The third-order valence-corrected chi connectivity index (χ3v) is 4.55. The van der Waals surface area contributed by atoms with Gasteiger partial charge < -0.3 is 0 Å². The van der Waals surface area contributed by atoms with E-state index in [1.807, 2.05) is 0 Å². The molecule has 17 heavy (non-hydrogen) atoms. The molecule has 1 aromatic carbocycles. The van der Waals surface area contributed by atoms with Gasteiger partial charge in [0, 0.05) is 15.8 Å². The summed E-state index contributed by atoms with van der Waals surface area (Å²) in [5.74, 6) is -0.292. The fourth-order valence-electron chi connectivity index (χ4n) is 1.75. The molecule has 0 nitrogen and oxygen atoms in total. The van der Waals surface area contributed by atoms with Gasteiger partial charge in [-0.05, 0) is 41.1 Å². The second-order valence-corrected chi connectivity index (χ2v) is 5.67. The normalized spacial score (nSPS) is 10.8. The van der Waals surface area contributed by atoms with Crippen molar-refractivity contribution in [3.05, 3.63) is 44.9 Å². The minimum absolute atomic E-state index is 0.292. The Morgan fingerprint density at radius 1 is 1.35 bits per heavy atom. The summed E-state index contributed by atoms with van der Waals surface area (Å²) in [7, 11) is 0. The molecule has 90 valence electrons. The van der Waals surface area contributed by atoms with Crippen LogP contribution >= 0.6 is 38.9 Å². The molecule has 0 saturated heterocycles. The summed E-state index contributed by atoms with van der Waals surface area (Å²) in [6.45, 7) is 2.12. The Hall–Kier alpha value is -0.380. The number of thiophene rings is 1. The minimum Gasteiger partial charge on any atom is -0.207 e. The molecular formula is C13H11BrClFS. The van der Waals surface area contributed by atoms with E-state index in [4.69, 9.17) is 11.6 Å². The molecule has 2 aromatic rings.